The van der Waals surface area contributed by atoms with Gasteiger partial charge in [0.05, 0.1) is 6.07 Å². The Labute approximate surface area is 130 Å². The van der Waals surface area contributed by atoms with Crippen molar-refractivity contribution in [2.75, 3.05) is 37.6 Å². The number of carbonyl (C=O) groups is 1. The molecule has 1 saturated carbocycles. The Kier molecular flexibility index (Phi) is 4.25. The third kappa shape index (κ3) is 3.55. The van der Waals surface area contributed by atoms with E-state index < -0.39 is 5.54 Å². The summed E-state index contributed by atoms with van der Waals surface area (Å²) >= 11 is 0. The Hall–Kier alpha value is -2.13. The van der Waals surface area contributed by atoms with Crippen LogP contribution in [0.2, 0.25) is 0 Å². The first-order chi connectivity index (χ1) is 10.7. The lowest BCUT2D eigenvalue weighted by molar-refractivity contribution is -0.122. The number of amides is 1. The predicted octanol–water partition coefficient (Wildman–Crippen LogP) is 0.766. The maximum Gasteiger partial charge on any atom is 0.222 e. The van der Waals surface area contributed by atoms with E-state index in [9.17, 15) is 4.79 Å². The van der Waals surface area contributed by atoms with Gasteiger partial charge in [-0.1, -0.05) is 6.07 Å². The molecule has 2 aliphatic rings. The lowest BCUT2D eigenvalue weighted by atomic mass is 10.2. The molecule has 1 aromatic heterocycles. The number of pyridine rings is 1. The number of nitriles is 1. The number of anilines is 1. The summed E-state index contributed by atoms with van der Waals surface area (Å²) in [5.41, 5.74) is -0.547. The van der Waals surface area contributed by atoms with Gasteiger partial charge in [-0.05, 0) is 25.0 Å². The minimum absolute atomic E-state index is 0.00814. The van der Waals surface area contributed by atoms with Crippen LogP contribution in [0.4, 0.5) is 5.82 Å². The van der Waals surface area contributed by atoms with Crippen LogP contribution in [0.1, 0.15) is 19.3 Å². The fourth-order valence-electron chi connectivity index (χ4n) is 2.72. The van der Waals surface area contributed by atoms with Crippen LogP contribution in [-0.4, -0.2) is 54.1 Å². The van der Waals surface area contributed by atoms with E-state index in [2.05, 4.69) is 26.2 Å². The van der Waals surface area contributed by atoms with Crippen molar-refractivity contribution < 1.29 is 4.79 Å². The summed E-state index contributed by atoms with van der Waals surface area (Å²) in [6, 6.07) is 8.14. The molecule has 0 radical (unpaired) electrons. The highest BCUT2D eigenvalue weighted by Crippen LogP contribution is 2.34. The van der Waals surface area contributed by atoms with Gasteiger partial charge in [0, 0.05) is 45.3 Å². The van der Waals surface area contributed by atoms with E-state index in [4.69, 9.17) is 5.26 Å². The summed E-state index contributed by atoms with van der Waals surface area (Å²) in [7, 11) is 0. The molecule has 0 aromatic carbocycles. The number of aromatic nitrogens is 1. The fraction of sp³-hybridized carbons (Fsp3) is 0.562. The zero-order valence-electron chi connectivity index (χ0n) is 12.7. The smallest absolute Gasteiger partial charge is 0.222 e. The van der Waals surface area contributed by atoms with E-state index in [1.807, 2.05) is 24.4 Å². The van der Waals surface area contributed by atoms with Crippen molar-refractivity contribution in [3.8, 4) is 6.07 Å². The van der Waals surface area contributed by atoms with Crippen molar-refractivity contribution in [3.63, 3.8) is 0 Å². The molecule has 0 unspecified atom stereocenters. The molecular weight excluding hydrogens is 278 g/mol. The predicted molar refractivity (Wildman–Crippen MR) is 83.2 cm³/mol. The SMILES string of the molecule is N#CC1(NC(=O)CCN2CCN(c3ccccn3)CC2)CC1. The standard InChI is InChI=1S/C16H21N5O/c17-13-16(5-6-16)19-15(22)4-8-20-9-11-21(12-10-20)14-3-1-2-7-18-14/h1-3,7H,4-6,8-12H2,(H,19,22). The number of hydrogen-bond acceptors (Lipinski definition) is 5. The van der Waals surface area contributed by atoms with Gasteiger partial charge < -0.3 is 10.2 Å². The van der Waals surface area contributed by atoms with E-state index in [-0.39, 0.29) is 5.91 Å². The molecule has 0 bridgehead atoms. The van der Waals surface area contributed by atoms with Crippen LogP contribution < -0.4 is 10.2 Å². The molecule has 22 heavy (non-hydrogen) atoms. The third-order valence-corrected chi connectivity index (χ3v) is 4.34. The maximum atomic E-state index is 11.9. The minimum atomic E-state index is -0.547. The van der Waals surface area contributed by atoms with Crippen molar-refractivity contribution in [2.45, 2.75) is 24.8 Å². The van der Waals surface area contributed by atoms with Crippen LogP contribution in [0.25, 0.3) is 0 Å². The average molecular weight is 299 g/mol. The third-order valence-electron chi connectivity index (χ3n) is 4.34. The van der Waals surface area contributed by atoms with Gasteiger partial charge in [-0.3, -0.25) is 9.69 Å². The van der Waals surface area contributed by atoms with Gasteiger partial charge in [-0.25, -0.2) is 4.98 Å². The molecular formula is C16H21N5O. The number of nitrogens with zero attached hydrogens (tertiary/aromatic N) is 4. The molecule has 116 valence electrons. The summed E-state index contributed by atoms with van der Waals surface area (Å²) in [5.74, 6) is 1.01. The van der Waals surface area contributed by atoms with Crippen LogP contribution in [0, 0.1) is 11.3 Å². The number of nitrogens with one attached hydrogen (secondary N) is 1. The summed E-state index contributed by atoms with van der Waals surface area (Å²) in [5, 5.41) is 11.8. The summed E-state index contributed by atoms with van der Waals surface area (Å²) in [6.07, 6.45) is 3.86. The largest absolute Gasteiger partial charge is 0.354 e. The zero-order valence-corrected chi connectivity index (χ0v) is 12.7. The van der Waals surface area contributed by atoms with Gasteiger partial charge >= 0.3 is 0 Å². The molecule has 1 amide bonds. The molecule has 3 rings (SSSR count). The Morgan fingerprint density at radius 2 is 2.09 bits per heavy atom. The van der Waals surface area contributed by atoms with Gasteiger partial charge in [0.1, 0.15) is 11.4 Å². The lowest BCUT2D eigenvalue weighted by Crippen LogP contribution is -2.48. The van der Waals surface area contributed by atoms with Crippen LogP contribution in [0.5, 0.6) is 0 Å². The molecule has 0 atom stereocenters. The normalized spacial score (nSPS) is 20.2. The van der Waals surface area contributed by atoms with Crippen molar-refractivity contribution in [1.82, 2.24) is 15.2 Å². The Morgan fingerprint density at radius 3 is 2.68 bits per heavy atom. The highest BCUT2D eigenvalue weighted by Gasteiger charge is 2.44. The van der Waals surface area contributed by atoms with Crippen LogP contribution in [0.15, 0.2) is 24.4 Å². The minimum Gasteiger partial charge on any atom is -0.354 e. The monoisotopic (exact) mass is 299 g/mol. The molecule has 2 heterocycles. The van der Waals surface area contributed by atoms with Gasteiger partial charge in [-0.15, -0.1) is 0 Å². The highest BCUT2D eigenvalue weighted by molar-refractivity contribution is 5.78. The van der Waals surface area contributed by atoms with Gasteiger partial charge in [0.15, 0.2) is 0 Å². The molecule has 1 N–H and O–H groups in total. The van der Waals surface area contributed by atoms with Crippen molar-refractivity contribution in [3.05, 3.63) is 24.4 Å². The quantitative estimate of drug-likeness (QED) is 0.869. The van der Waals surface area contributed by atoms with E-state index in [0.29, 0.717) is 6.42 Å². The number of carbonyl (C=O) groups excluding carboxylic acids is 1. The number of rotatable bonds is 5. The summed E-state index contributed by atoms with van der Waals surface area (Å²) < 4.78 is 0. The zero-order chi connectivity index (χ0) is 15.4. The van der Waals surface area contributed by atoms with Gasteiger partial charge in [0.25, 0.3) is 0 Å². The van der Waals surface area contributed by atoms with Crippen LogP contribution in [-0.2, 0) is 4.79 Å². The Balaban J connectivity index is 1.39. The van der Waals surface area contributed by atoms with Crippen LogP contribution >= 0.6 is 0 Å². The molecule has 1 saturated heterocycles. The maximum absolute atomic E-state index is 11.9. The van der Waals surface area contributed by atoms with E-state index in [1.54, 1.807) is 0 Å². The molecule has 1 aromatic rings. The Bertz CT molecular complexity index is 556. The number of piperazine rings is 1. The van der Waals surface area contributed by atoms with E-state index >= 15 is 0 Å². The molecule has 6 nitrogen and oxygen atoms in total. The lowest BCUT2D eigenvalue weighted by Gasteiger charge is -2.35. The second-order valence-corrected chi connectivity index (χ2v) is 6.01. The van der Waals surface area contributed by atoms with E-state index in [0.717, 1.165) is 51.4 Å². The fourth-order valence-corrected chi connectivity index (χ4v) is 2.72. The molecule has 1 aliphatic carbocycles. The topological polar surface area (TPSA) is 72.3 Å². The average Bonchev–Trinajstić information content (AvgIpc) is 3.34. The van der Waals surface area contributed by atoms with Crippen molar-refractivity contribution >= 4 is 11.7 Å². The molecule has 0 spiro atoms. The van der Waals surface area contributed by atoms with Gasteiger partial charge in [-0.2, -0.15) is 5.26 Å². The first kappa shape index (κ1) is 14.8. The summed E-state index contributed by atoms with van der Waals surface area (Å²) in [4.78, 5) is 20.8. The summed E-state index contributed by atoms with van der Waals surface area (Å²) in [6.45, 7) is 4.49. The van der Waals surface area contributed by atoms with Crippen LogP contribution in [0.3, 0.4) is 0 Å². The Morgan fingerprint density at radius 1 is 1.32 bits per heavy atom. The van der Waals surface area contributed by atoms with Crippen molar-refractivity contribution in [2.24, 2.45) is 0 Å². The molecule has 2 fully saturated rings. The highest BCUT2D eigenvalue weighted by atomic mass is 16.1. The first-order valence-corrected chi connectivity index (χ1v) is 7.81. The first-order valence-electron chi connectivity index (χ1n) is 7.81. The molecule has 6 heteroatoms. The molecule has 1 aliphatic heterocycles. The number of hydrogen-bond donors (Lipinski definition) is 1. The second-order valence-electron chi connectivity index (χ2n) is 6.01. The van der Waals surface area contributed by atoms with Crippen molar-refractivity contribution in [1.29, 1.82) is 5.26 Å². The van der Waals surface area contributed by atoms with Gasteiger partial charge in [0.2, 0.25) is 5.91 Å². The van der Waals surface area contributed by atoms with E-state index in [1.165, 1.54) is 0 Å². The second kappa shape index (κ2) is 6.32.